The van der Waals surface area contributed by atoms with Crippen molar-refractivity contribution in [1.29, 1.82) is 0 Å². The Labute approximate surface area is 189 Å². The number of aliphatic carboxylic acids is 1. The van der Waals surface area contributed by atoms with Crippen LogP contribution < -0.4 is 9.47 Å². The molecule has 8 nitrogen and oxygen atoms in total. The first kappa shape index (κ1) is 22.6. The normalized spacial score (nSPS) is 19.6. The van der Waals surface area contributed by atoms with E-state index in [0.29, 0.717) is 37.0 Å². The molecule has 174 valence electrons. The van der Waals surface area contributed by atoms with Crippen molar-refractivity contribution >= 4 is 5.97 Å². The number of methoxy groups -OCH3 is 1. The minimum Gasteiger partial charge on any atom is -0.493 e. The Morgan fingerprint density at radius 2 is 1.97 bits per heavy atom. The highest BCUT2D eigenvalue weighted by molar-refractivity contribution is 5.72. The van der Waals surface area contributed by atoms with E-state index in [1.807, 2.05) is 31.2 Å². The van der Waals surface area contributed by atoms with E-state index in [4.69, 9.17) is 14.2 Å². The van der Waals surface area contributed by atoms with E-state index in [2.05, 4.69) is 10.00 Å². The zero-order chi connectivity index (χ0) is 22.5. The molecule has 4 rings (SSSR count). The molecule has 1 aliphatic carbocycles. The minimum absolute atomic E-state index is 0.101. The molecular formula is C24H33N3O5. The highest BCUT2D eigenvalue weighted by Crippen LogP contribution is 2.35. The van der Waals surface area contributed by atoms with Crippen molar-refractivity contribution in [3.63, 3.8) is 0 Å². The van der Waals surface area contributed by atoms with Crippen LogP contribution in [0.4, 0.5) is 0 Å². The Balaban J connectivity index is 1.52. The highest BCUT2D eigenvalue weighted by Gasteiger charge is 2.29. The predicted octanol–water partition coefficient (Wildman–Crippen LogP) is 3.47. The Kier molecular flexibility index (Phi) is 7.32. The zero-order valence-corrected chi connectivity index (χ0v) is 18.9. The molecule has 1 aliphatic heterocycles. The van der Waals surface area contributed by atoms with Gasteiger partial charge in [0.2, 0.25) is 0 Å². The first-order valence-electron chi connectivity index (χ1n) is 11.5. The van der Waals surface area contributed by atoms with Crippen LogP contribution in [0.2, 0.25) is 0 Å². The molecule has 32 heavy (non-hydrogen) atoms. The first-order valence-corrected chi connectivity index (χ1v) is 11.5. The van der Waals surface area contributed by atoms with E-state index in [9.17, 15) is 9.90 Å². The Morgan fingerprint density at radius 1 is 1.22 bits per heavy atom. The zero-order valence-electron chi connectivity index (χ0n) is 18.9. The topological polar surface area (TPSA) is 86.1 Å². The average molecular weight is 444 g/mol. The number of carbonyl (C=O) groups is 1. The lowest BCUT2D eigenvalue weighted by molar-refractivity contribution is -0.143. The molecule has 2 aliphatic rings. The van der Waals surface area contributed by atoms with Crippen molar-refractivity contribution < 1.29 is 24.1 Å². The van der Waals surface area contributed by atoms with Gasteiger partial charge in [0.15, 0.2) is 17.5 Å². The quantitative estimate of drug-likeness (QED) is 0.635. The minimum atomic E-state index is -0.875. The molecule has 2 aromatic rings. The van der Waals surface area contributed by atoms with Gasteiger partial charge in [-0.25, -0.2) is 4.79 Å². The summed E-state index contributed by atoms with van der Waals surface area (Å²) in [6.45, 7) is 5.71. The van der Waals surface area contributed by atoms with Crippen molar-refractivity contribution in [1.82, 2.24) is 14.7 Å². The summed E-state index contributed by atoms with van der Waals surface area (Å²) in [7, 11) is 1.64. The molecular weight excluding hydrogens is 410 g/mol. The van der Waals surface area contributed by atoms with Crippen LogP contribution in [-0.2, 0) is 9.53 Å². The second-order valence-electron chi connectivity index (χ2n) is 8.74. The first-order chi connectivity index (χ1) is 15.5. The van der Waals surface area contributed by atoms with E-state index in [0.717, 1.165) is 31.5 Å². The van der Waals surface area contributed by atoms with E-state index >= 15 is 0 Å². The van der Waals surface area contributed by atoms with Crippen LogP contribution >= 0.6 is 0 Å². The van der Waals surface area contributed by atoms with Crippen LogP contribution in [0.25, 0.3) is 11.3 Å². The number of benzene rings is 1. The van der Waals surface area contributed by atoms with Gasteiger partial charge in [-0.05, 0) is 49.9 Å². The van der Waals surface area contributed by atoms with Gasteiger partial charge in [-0.15, -0.1) is 0 Å². The standard InChI is InChI=1S/C24H33N3O5/c1-17(16-26-11-13-31-14-12-26)23(24(28)29)27-10-9-20(25-27)18-7-8-21(30-2)22(15-18)32-19-5-3-4-6-19/h7-10,15,17,19,23H,3-6,11-14,16H2,1-2H3,(H,28,29). The number of nitrogens with zero attached hydrogens (tertiary/aromatic N) is 3. The average Bonchev–Trinajstić information content (AvgIpc) is 3.47. The molecule has 1 saturated carbocycles. The monoisotopic (exact) mass is 443 g/mol. The number of morpholine rings is 1. The van der Waals surface area contributed by atoms with Crippen LogP contribution in [0, 0.1) is 5.92 Å². The van der Waals surface area contributed by atoms with Gasteiger partial charge in [-0.3, -0.25) is 9.58 Å². The molecule has 0 amide bonds. The van der Waals surface area contributed by atoms with Gasteiger partial charge in [0.1, 0.15) is 0 Å². The SMILES string of the molecule is COc1ccc(-c2ccn(C(C(=O)O)C(C)CN3CCOCC3)n2)cc1OC1CCCC1. The third kappa shape index (κ3) is 5.24. The predicted molar refractivity (Wildman–Crippen MR) is 120 cm³/mol. The van der Waals surface area contributed by atoms with E-state index in [1.165, 1.54) is 12.8 Å². The van der Waals surface area contributed by atoms with E-state index in [-0.39, 0.29) is 12.0 Å². The number of ether oxygens (including phenoxy) is 3. The van der Waals surface area contributed by atoms with Crippen molar-refractivity contribution in [3.05, 3.63) is 30.5 Å². The lowest BCUT2D eigenvalue weighted by Crippen LogP contribution is -2.41. The van der Waals surface area contributed by atoms with Gasteiger partial charge in [-0.1, -0.05) is 6.92 Å². The lowest BCUT2D eigenvalue weighted by Gasteiger charge is -2.31. The molecule has 0 radical (unpaired) electrons. The van der Waals surface area contributed by atoms with Crippen LogP contribution in [-0.4, -0.2) is 71.8 Å². The number of rotatable bonds is 9. The maximum Gasteiger partial charge on any atom is 0.328 e. The van der Waals surface area contributed by atoms with Gasteiger partial charge in [0.25, 0.3) is 0 Å². The van der Waals surface area contributed by atoms with Crippen molar-refractivity contribution in [2.75, 3.05) is 40.0 Å². The smallest absolute Gasteiger partial charge is 0.328 e. The maximum absolute atomic E-state index is 12.1. The summed E-state index contributed by atoms with van der Waals surface area (Å²) in [4.78, 5) is 14.4. The number of hydrogen-bond acceptors (Lipinski definition) is 6. The van der Waals surface area contributed by atoms with E-state index in [1.54, 1.807) is 18.0 Å². The van der Waals surface area contributed by atoms with Crippen LogP contribution in [0.5, 0.6) is 11.5 Å². The van der Waals surface area contributed by atoms with Gasteiger partial charge >= 0.3 is 5.97 Å². The molecule has 1 aromatic heterocycles. The van der Waals surface area contributed by atoms with Gasteiger partial charge < -0.3 is 19.3 Å². The number of aromatic nitrogens is 2. The Bertz CT molecular complexity index is 903. The van der Waals surface area contributed by atoms with Crippen molar-refractivity contribution in [3.8, 4) is 22.8 Å². The van der Waals surface area contributed by atoms with Gasteiger partial charge in [0, 0.05) is 37.3 Å². The fraction of sp³-hybridized carbons (Fsp3) is 0.583. The second-order valence-corrected chi connectivity index (χ2v) is 8.74. The highest BCUT2D eigenvalue weighted by atomic mass is 16.5. The lowest BCUT2D eigenvalue weighted by atomic mass is 10.0. The largest absolute Gasteiger partial charge is 0.493 e. The van der Waals surface area contributed by atoms with Gasteiger partial charge in [0.05, 0.1) is 32.1 Å². The summed E-state index contributed by atoms with van der Waals surface area (Å²) >= 11 is 0. The summed E-state index contributed by atoms with van der Waals surface area (Å²) in [5.41, 5.74) is 1.59. The van der Waals surface area contributed by atoms with Crippen LogP contribution in [0.3, 0.4) is 0 Å². The number of hydrogen-bond donors (Lipinski definition) is 1. The number of carboxylic acids is 1. The van der Waals surface area contributed by atoms with E-state index < -0.39 is 12.0 Å². The summed E-state index contributed by atoms with van der Waals surface area (Å²) < 4.78 is 18.7. The summed E-state index contributed by atoms with van der Waals surface area (Å²) in [6.07, 6.45) is 6.47. The summed E-state index contributed by atoms with van der Waals surface area (Å²) in [5.74, 6) is 0.431. The van der Waals surface area contributed by atoms with Gasteiger partial charge in [-0.2, -0.15) is 5.10 Å². The van der Waals surface area contributed by atoms with Crippen molar-refractivity contribution in [2.45, 2.75) is 44.8 Å². The molecule has 0 bridgehead atoms. The molecule has 2 unspecified atom stereocenters. The second kappa shape index (κ2) is 10.4. The fourth-order valence-electron chi connectivity index (χ4n) is 4.67. The molecule has 1 saturated heterocycles. The molecule has 1 aromatic carbocycles. The molecule has 8 heteroatoms. The maximum atomic E-state index is 12.1. The summed E-state index contributed by atoms with van der Waals surface area (Å²) in [5, 5.41) is 14.6. The Morgan fingerprint density at radius 3 is 2.66 bits per heavy atom. The molecule has 2 atom stereocenters. The third-order valence-corrected chi connectivity index (χ3v) is 6.39. The molecule has 2 fully saturated rings. The van der Waals surface area contributed by atoms with Crippen molar-refractivity contribution in [2.24, 2.45) is 5.92 Å². The molecule has 1 N–H and O–H groups in total. The van der Waals surface area contributed by atoms with Crippen LogP contribution in [0.15, 0.2) is 30.5 Å². The van der Waals surface area contributed by atoms with Crippen LogP contribution in [0.1, 0.15) is 38.6 Å². The molecule has 0 spiro atoms. The molecule has 2 heterocycles. The fourth-order valence-corrected chi connectivity index (χ4v) is 4.67. The summed E-state index contributed by atoms with van der Waals surface area (Å²) in [6, 6.07) is 6.88. The third-order valence-electron chi connectivity index (χ3n) is 6.39. The Hall–Kier alpha value is -2.58. The number of carboxylic acid groups (broad SMARTS) is 1.